The van der Waals surface area contributed by atoms with E-state index in [1.165, 1.54) is 5.56 Å². The van der Waals surface area contributed by atoms with Gasteiger partial charge in [-0.05, 0) is 44.4 Å². The Labute approximate surface area is 110 Å². The van der Waals surface area contributed by atoms with E-state index in [0.717, 1.165) is 18.5 Å². The molecule has 100 valence electrons. The van der Waals surface area contributed by atoms with Crippen LogP contribution in [0.2, 0.25) is 0 Å². The third-order valence-corrected chi connectivity index (χ3v) is 2.96. The smallest absolute Gasteiger partial charge is 0.227 e. The fourth-order valence-corrected chi connectivity index (χ4v) is 2.01. The largest absolute Gasteiger partial charge is 0.330 e. The average molecular weight is 248 g/mol. The maximum Gasteiger partial charge on any atom is 0.227 e. The van der Waals surface area contributed by atoms with Crippen molar-refractivity contribution < 1.29 is 4.79 Å². The predicted molar refractivity (Wildman–Crippen MR) is 76.4 cm³/mol. The highest BCUT2D eigenvalue weighted by Crippen LogP contribution is 2.18. The Balaban J connectivity index is 2.63. The normalized spacial score (nSPS) is 12.5. The second kappa shape index (κ2) is 7.17. The van der Waals surface area contributed by atoms with Crippen molar-refractivity contribution >= 4 is 11.6 Å². The maximum atomic E-state index is 12.2. The number of hydrogen-bond acceptors (Lipinski definition) is 2. The summed E-state index contributed by atoms with van der Waals surface area (Å²) < 4.78 is 0. The standard InChI is InChI=1S/C15H24N2O/c1-11(2)10-13(8-9-16)15(18)17-14-6-4-12(3)5-7-14/h4-7,11,13H,8-10,16H2,1-3H3,(H,17,18). The molecule has 0 fully saturated rings. The third-order valence-electron chi connectivity index (χ3n) is 2.96. The minimum atomic E-state index is 0.0105. The first-order valence-electron chi connectivity index (χ1n) is 6.60. The first kappa shape index (κ1) is 14.7. The molecule has 1 aromatic carbocycles. The van der Waals surface area contributed by atoms with Crippen LogP contribution in [0.3, 0.4) is 0 Å². The van der Waals surface area contributed by atoms with Gasteiger partial charge in [0, 0.05) is 11.6 Å². The minimum absolute atomic E-state index is 0.0105. The summed E-state index contributed by atoms with van der Waals surface area (Å²) in [5, 5.41) is 2.96. The number of carbonyl (C=O) groups excluding carboxylic acids is 1. The Morgan fingerprint density at radius 2 is 1.89 bits per heavy atom. The summed E-state index contributed by atoms with van der Waals surface area (Å²) >= 11 is 0. The van der Waals surface area contributed by atoms with E-state index in [1.807, 2.05) is 31.2 Å². The second-order valence-electron chi connectivity index (χ2n) is 5.26. The summed E-state index contributed by atoms with van der Waals surface area (Å²) in [5.41, 5.74) is 7.62. The highest BCUT2D eigenvalue weighted by atomic mass is 16.1. The van der Waals surface area contributed by atoms with Gasteiger partial charge >= 0.3 is 0 Å². The van der Waals surface area contributed by atoms with Crippen molar-refractivity contribution in [2.75, 3.05) is 11.9 Å². The molecule has 0 aliphatic rings. The van der Waals surface area contributed by atoms with Gasteiger partial charge in [0.05, 0.1) is 0 Å². The van der Waals surface area contributed by atoms with Crippen molar-refractivity contribution in [3.05, 3.63) is 29.8 Å². The number of anilines is 1. The molecule has 0 radical (unpaired) electrons. The second-order valence-corrected chi connectivity index (χ2v) is 5.26. The molecular formula is C15H24N2O. The van der Waals surface area contributed by atoms with Crippen LogP contribution in [-0.2, 0) is 4.79 Å². The van der Waals surface area contributed by atoms with E-state index in [0.29, 0.717) is 12.5 Å². The quantitative estimate of drug-likeness (QED) is 0.813. The van der Waals surface area contributed by atoms with Gasteiger partial charge in [0.15, 0.2) is 0 Å². The third kappa shape index (κ3) is 4.88. The Morgan fingerprint density at radius 1 is 1.28 bits per heavy atom. The molecule has 0 saturated heterocycles. The van der Waals surface area contributed by atoms with Gasteiger partial charge in [-0.15, -0.1) is 0 Å². The number of hydrogen-bond donors (Lipinski definition) is 2. The van der Waals surface area contributed by atoms with Gasteiger partial charge in [-0.25, -0.2) is 0 Å². The Hall–Kier alpha value is -1.35. The van der Waals surface area contributed by atoms with Crippen molar-refractivity contribution in [2.45, 2.75) is 33.6 Å². The topological polar surface area (TPSA) is 55.1 Å². The molecule has 18 heavy (non-hydrogen) atoms. The van der Waals surface area contributed by atoms with Crippen LogP contribution in [0.25, 0.3) is 0 Å². The summed E-state index contributed by atoms with van der Waals surface area (Å²) in [5.74, 6) is 0.597. The number of aryl methyl sites for hydroxylation is 1. The molecule has 0 aliphatic heterocycles. The van der Waals surface area contributed by atoms with E-state index in [2.05, 4.69) is 19.2 Å². The molecule has 0 spiro atoms. The van der Waals surface area contributed by atoms with Gasteiger partial charge in [-0.2, -0.15) is 0 Å². The van der Waals surface area contributed by atoms with Crippen molar-refractivity contribution in [3.8, 4) is 0 Å². The maximum absolute atomic E-state index is 12.2. The molecule has 0 heterocycles. The first-order chi connectivity index (χ1) is 8.52. The van der Waals surface area contributed by atoms with Crippen LogP contribution in [0.15, 0.2) is 24.3 Å². The molecule has 1 amide bonds. The number of nitrogens with two attached hydrogens (primary N) is 1. The van der Waals surface area contributed by atoms with Crippen LogP contribution in [0.5, 0.6) is 0 Å². The Kier molecular flexibility index (Phi) is 5.86. The van der Waals surface area contributed by atoms with Gasteiger partial charge in [0.1, 0.15) is 0 Å². The number of rotatable bonds is 6. The van der Waals surface area contributed by atoms with Gasteiger partial charge in [0.25, 0.3) is 0 Å². The van der Waals surface area contributed by atoms with Crippen LogP contribution in [0.1, 0.15) is 32.3 Å². The highest BCUT2D eigenvalue weighted by molar-refractivity contribution is 5.92. The molecule has 0 aromatic heterocycles. The van der Waals surface area contributed by atoms with Crippen molar-refractivity contribution in [1.29, 1.82) is 0 Å². The molecule has 3 N–H and O–H groups in total. The lowest BCUT2D eigenvalue weighted by molar-refractivity contribution is -0.120. The fraction of sp³-hybridized carbons (Fsp3) is 0.533. The Morgan fingerprint density at radius 3 is 2.39 bits per heavy atom. The van der Waals surface area contributed by atoms with Crippen LogP contribution in [0.4, 0.5) is 5.69 Å². The molecule has 0 aliphatic carbocycles. The molecule has 0 bridgehead atoms. The van der Waals surface area contributed by atoms with Crippen LogP contribution >= 0.6 is 0 Å². The van der Waals surface area contributed by atoms with E-state index < -0.39 is 0 Å². The van der Waals surface area contributed by atoms with Gasteiger partial charge in [-0.1, -0.05) is 31.5 Å². The highest BCUT2D eigenvalue weighted by Gasteiger charge is 2.18. The van der Waals surface area contributed by atoms with Crippen molar-refractivity contribution in [3.63, 3.8) is 0 Å². The lowest BCUT2D eigenvalue weighted by atomic mass is 9.93. The minimum Gasteiger partial charge on any atom is -0.330 e. The molecule has 1 rings (SSSR count). The molecule has 3 nitrogen and oxygen atoms in total. The van der Waals surface area contributed by atoms with Gasteiger partial charge in [0.2, 0.25) is 5.91 Å². The first-order valence-corrected chi connectivity index (χ1v) is 6.60. The molecule has 3 heteroatoms. The van der Waals surface area contributed by atoms with E-state index in [-0.39, 0.29) is 11.8 Å². The number of amides is 1. The number of carbonyl (C=O) groups is 1. The summed E-state index contributed by atoms with van der Waals surface area (Å²) in [7, 11) is 0. The monoisotopic (exact) mass is 248 g/mol. The summed E-state index contributed by atoms with van der Waals surface area (Å²) in [6.45, 7) is 6.84. The van der Waals surface area contributed by atoms with Crippen LogP contribution in [0, 0.1) is 18.8 Å². The summed E-state index contributed by atoms with van der Waals surface area (Å²) in [6.07, 6.45) is 1.63. The van der Waals surface area contributed by atoms with Gasteiger partial charge in [-0.3, -0.25) is 4.79 Å². The molecule has 1 atom stereocenters. The summed E-state index contributed by atoms with van der Waals surface area (Å²) in [4.78, 5) is 12.2. The zero-order chi connectivity index (χ0) is 13.5. The molecule has 0 saturated carbocycles. The van der Waals surface area contributed by atoms with Crippen LogP contribution in [-0.4, -0.2) is 12.5 Å². The summed E-state index contributed by atoms with van der Waals surface area (Å²) in [6, 6.07) is 7.86. The van der Waals surface area contributed by atoms with Crippen LogP contribution < -0.4 is 11.1 Å². The van der Waals surface area contributed by atoms with E-state index in [9.17, 15) is 4.79 Å². The Bertz CT molecular complexity index is 371. The number of benzene rings is 1. The average Bonchev–Trinajstić information content (AvgIpc) is 2.31. The van der Waals surface area contributed by atoms with Crippen molar-refractivity contribution in [2.24, 2.45) is 17.6 Å². The molecule has 1 aromatic rings. The number of nitrogens with one attached hydrogen (secondary N) is 1. The lowest BCUT2D eigenvalue weighted by Crippen LogP contribution is -2.26. The van der Waals surface area contributed by atoms with E-state index in [4.69, 9.17) is 5.73 Å². The van der Waals surface area contributed by atoms with E-state index in [1.54, 1.807) is 0 Å². The molecule has 1 unspecified atom stereocenters. The van der Waals surface area contributed by atoms with Crippen molar-refractivity contribution in [1.82, 2.24) is 0 Å². The molecular weight excluding hydrogens is 224 g/mol. The zero-order valence-corrected chi connectivity index (χ0v) is 11.6. The zero-order valence-electron chi connectivity index (χ0n) is 11.6. The van der Waals surface area contributed by atoms with E-state index >= 15 is 0 Å². The van der Waals surface area contributed by atoms with Gasteiger partial charge < -0.3 is 11.1 Å². The lowest BCUT2D eigenvalue weighted by Gasteiger charge is -2.18. The predicted octanol–water partition coefficient (Wildman–Crippen LogP) is 2.94. The SMILES string of the molecule is Cc1ccc(NC(=O)C(CCN)CC(C)C)cc1. The fourth-order valence-electron chi connectivity index (χ4n) is 2.01.